The average Bonchev–Trinajstić information content (AvgIpc) is 2.83. The van der Waals surface area contributed by atoms with Gasteiger partial charge in [0, 0.05) is 5.69 Å². The van der Waals surface area contributed by atoms with Crippen molar-refractivity contribution in [3.8, 4) is 5.75 Å². The Hall–Kier alpha value is -1.40. The largest absolute Gasteiger partial charge is 0.492 e. The van der Waals surface area contributed by atoms with Crippen LogP contribution in [0.15, 0.2) is 18.2 Å². The van der Waals surface area contributed by atoms with Gasteiger partial charge in [-0.05, 0) is 24.1 Å². The lowest BCUT2D eigenvalue weighted by molar-refractivity contribution is -0.130. The highest BCUT2D eigenvalue weighted by Gasteiger charge is 2.22. The number of nitrogens with one attached hydrogen (secondary N) is 1. The lowest BCUT2D eigenvalue weighted by Gasteiger charge is -2.15. The van der Waals surface area contributed by atoms with E-state index in [0.717, 1.165) is 0 Å². The van der Waals surface area contributed by atoms with Gasteiger partial charge in [0.25, 0.3) is 0 Å². The van der Waals surface area contributed by atoms with E-state index in [1.165, 1.54) is 16.7 Å². The molecular weight excluding hydrogens is 324 g/mol. The normalized spacial score (nSPS) is 14.5. The minimum atomic E-state index is -0.234. The van der Waals surface area contributed by atoms with Crippen LogP contribution in [0.4, 0.5) is 5.69 Å². The first-order chi connectivity index (χ1) is 10.5. The minimum absolute atomic E-state index is 0.00406. The van der Waals surface area contributed by atoms with Crippen LogP contribution in [0.25, 0.3) is 0 Å². The second kappa shape index (κ2) is 7.74. The molecule has 0 aliphatic carbocycles. The molecule has 2 amide bonds. The molecule has 1 fully saturated rings. The van der Waals surface area contributed by atoms with Gasteiger partial charge >= 0.3 is 0 Å². The number of carbonyl (C=O) groups excluding carboxylic acids is 2. The summed E-state index contributed by atoms with van der Waals surface area (Å²) in [5, 5.41) is 3.19. The fraction of sp³-hybridized carbons (Fsp3) is 0.467. The van der Waals surface area contributed by atoms with Gasteiger partial charge in [0.05, 0.1) is 23.3 Å². The van der Waals surface area contributed by atoms with Crippen molar-refractivity contribution < 1.29 is 14.3 Å². The number of nitrogens with zero attached hydrogens (tertiary/aromatic N) is 1. The Labute approximate surface area is 139 Å². The molecule has 1 aromatic rings. The van der Waals surface area contributed by atoms with Crippen molar-refractivity contribution >= 4 is 40.9 Å². The van der Waals surface area contributed by atoms with Crippen molar-refractivity contribution in [2.45, 2.75) is 13.8 Å². The van der Waals surface area contributed by atoms with Crippen LogP contribution in [0.3, 0.4) is 0 Å². The van der Waals surface area contributed by atoms with Crippen LogP contribution in [0.5, 0.6) is 5.75 Å². The zero-order chi connectivity index (χ0) is 16.1. The molecule has 1 aliphatic rings. The van der Waals surface area contributed by atoms with Gasteiger partial charge < -0.3 is 15.0 Å². The number of thioether (sulfide) groups is 1. The third-order valence-electron chi connectivity index (χ3n) is 2.95. The molecule has 120 valence electrons. The Morgan fingerprint density at radius 3 is 2.86 bits per heavy atom. The molecule has 1 saturated heterocycles. The maximum Gasteiger partial charge on any atom is 0.244 e. The van der Waals surface area contributed by atoms with Crippen molar-refractivity contribution in [2.75, 3.05) is 30.1 Å². The Bertz CT molecular complexity index is 566. The predicted molar refractivity (Wildman–Crippen MR) is 89.5 cm³/mol. The van der Waals surface area contributed by atoms with Gasteiger partial charge in [-0.1, -0.05) is 25.4 Å². The number of benzene rings is 1. The molecule has 22 heavy (non-hydrogen) atoms. The third-order valence-corrected chi connectivity index (χ3v) is 4.19. The molecule has 1 aromatic carbocycles. The first kappa shape index (κ1) is 17.0. The highest BCUT2D eigenvalue weighted by molar-refractivity contribution is 8.00. The molecule has 1 heterocycles. The Kier molecular flexibility index (Phi) is 5.97. The van der Waals surface area contributed by atoms with Crippen molar-refractivity contribution in [1.29, 1.82) is 0 Å². The number of amides is 2. The molecule has 0 aromatic heterocycles. The summed E-state index contributed by atoms with van der Waals surface area (Å²) >= 11 is 7.66. The molecule has 1 N–H and O–H groups in total. The molecule has 5 nitrogen and oxygen atoms in total. The highest BCUT2D eigenvalue weighted by Crippen LogP contribution is 2.28. The van der Waals surface area contributed by atoms with E-state index in [1.807, 2.05) is 0 Å². The number of halogens is 1. The van der Waals surface area contributed by atoms with Gasteiger partial charge in [0.2, 0.25) is 11.8 Å². The molecular formula is C15H19ClN2O3S. The van der Waals surface area contributed by atoms with Gasteiger partial charge in [0.1, 0.15) is 12.3 Å². The highest BCUT2D eigenvalue weighted by atomic mass is 35.5. The molecule has 2 rings (SSSR count). The maximum absolute atomic E-state index is 11.9. The van der Waals surface area contributed by atoms with E-state index >= 15 is 0 Å². The van der Waals surface area contributed by atoms with Crippen molar-refractivity contribution in [3.63, 3.8) is 0 Å². The van der Waals surface area contributed by atoms with Crippen LogP contribution >= 0.6 is 23.4 Å². The van der Waals surface area contributed by atoms with Crippen LogP contribution < -0.4 is 10.1 Å². The summed E-state index contributed by atoms with van der Waals surface area (Å²) < 4.78 is 5.58. The fourth-order valence-corrected chi connectivity index (χ4v) is 3.01. The first-order valence-corrected chi connectivity index (χ1v) is 8.56. The Morgan fingerprint density at radius 2 is 2.27 bits per heavy atom. The quantitative estimate of drug-likeness (QED) is 0.863. The summed E-state index contributed by atoms with van der Waals surface area (Å²) in [5.74, 6) is 1.78. The summed E-state index contributed by atoms with van der Waals surface area (Å²) in [4.78, 5) is 24.9. The Balaban J connectivity index is 1.91. The van der Waals surface area contributed by atoms with Crippen LogP contribution in [0.1, 0.15) is 13.8 Å². The lowest BCUT2D eigenvalue weighted by Crippen LogP contribution is -2.34. The topological polar surface area (TPSA) is 58.6 Å². The Morgan fingerprint density at radius 1 is 1.50 bits per heavy atom. The van der Waals surface area contributed by atoms with E-state index in [-0.39, 0.29) is 18.4 Å². The predicted octanol–water partition coefficient (Wildman–Crippen LogP) is 2.85. The monoisotopic (exact) mass is 342 g/mol. The minimum Gasteiger partial charge on any atom is -0.492 e. The third kappa shape index (κ3) is 4.81. The molecule has 0 radical (unpaired) electrons. The van der Waals surface area contributed by atoms with Gasteiger partial charge in [-0.25, -0.2) is 0 Å². The molecule has 0 spiro atoms. The molecule has 0 saturated carbocycles. The summed E-state index contributed by atoms with van der Waals surface area (Å²) in [6, 6.07) is 5.12. The second-order valence-electron chi connectivity index (χ2n) is 5.47. The summed E-state index contributed by atoms with van der Waals surface area (Å²) in [6.07, 6.45) is 0. The van der Waals surface area contributed by atoms with Crippen molar-refractivity contribution in [2.24, 2.45) is 5.92 Å². The van der Waals surface area contributed by atoms with Gasteiger partial charge in [-0.3, -0.25) is 9.59 Å². The fourth-order valence-electron chi connectivity index (χ4n) is 1.87. The zero-order valence-corrected chi connectivity index (χ0v) is 14.2. The van der Waals surface area contributed by atoms with Crippen LogP contribution in [-0.4, -0.2) is 41.5 Å². The number of anilines is 1. The summed E-state index contributed by atoms with van der Waals surface area (Å²) in [6.45, 7) is 4.76. The van der Waals surface area contributed by atoms with Gasteiger partial charge in [-0.2, -0.15) is 0 Å². The van der Waals surface area contributed by atoms with Crippen LogP contribution in [-0.2, 0) is 9.59 Å². The van der Waals surface area contributed by atoms with Crippen molar-refractivity contribution in [3.05, 3.63) is 23.2 Å². The number of rotatable bonds is 6. The van der Waals surface area contributed by atoms with E-state index in [9.17, 15) is 9.59 Å². The smallest absolute Gasteiger partial charge is 0.244 e. The molecule has 0 atom stereocenters. The summed E-state index contributed by atoms with van der Waals surface area (Å²) in [5.41, 5.74) is 0.589. The number of hydrogen-bond acceptors (Lipinski definition) is 4. The molecule has 7 heteroatoms. The van der Waals surface area contributed by atoms with E-state index in [0.29, 0.717) is 40.6 Å². The van der Waals surface area contributed by atoms with Crippen molar-refractivity contribution in [1.82, 2.24) is 4.90 Å². The summed E-state index contributed by atoms with van der Waals surface area (Å²) in [7, 11) is 0. The second-order valence-corrected chi connectivity index (χ2v) is 6.83. The van der Waals surface area contributed by atoms with E-state index in [4.69, 9.17) is 16.3 Å². The maximum atomic E-state index is 11.9. The lowest BCUT2D eigenvalue weighted by atomic mass is 10.2. The first-order valence-electron chi connectivity index (χ1n) is 7.03. The van der Waals surface area contributed by atoms with Crippen LogP contribution in [0.2, 0.25) is 5.02 Å². The average molecular weight is 343 g/mol. The number of hydrogen-bond donors (Lipinski definition) is 1. The standard InChI is InChI=1S/C15H19ClN2O3S/c1-10(2)7-21-13-4-3-11(5-12(13)16)17-14(19)6-18-9-22-8-15(18)20/h3-5,10H,6-9H2,1-2H3,(H,17,19). The van der Waals surface area contributed by atoms with E-state index < -0.39 is 0 Å². The molecule has 1 aliphatic heterocycles. The number of carbonyl (C=O) groups is 2. The van der Waals surface area contributed by atoms with Gasteiger partial charge in [0.15, 0.2) is 0 Å². The van der Waals surface area contributed by atoms with E-state index in [2.05, 4.69) is 19.2 Å². The SMILES string of the molecule is CC(C)COc1ccc(NC(=O)CN2CSCC2=O)cc1Cl. The van der Waals surface area contributed by atoms with Gasteiger partial charge in [-0.15, -0.1) is 11.8 Å². The number of ether oxygens (including phenoxy) is 1. The van der Waals surface area contributed by atoms with E-state index in [1.54, 1.807) is 18.2 Å². The van der Waals surface area contributed by atoms with Crippen LogP contribution in [0, 0.1) is 5.92 Å². The molecule has 0 unspecified atom stereocenters. The zero-order valence-electron chi connectivity index (χ0n) is 12.6. The molecule has 0 bridgehead atoms.